The Kier molecular flexibility index (Phi) is 3.58. The minimum atomic E-state index is -0.263. The predicted octanol–water partition coefficient (Wildman–Crippen LogP) is 1.87. The molecule has 0 aliphatic heterocycles. The number of rotatable bonds is 3. The third-order valence-corrected chi connectivity index (χ3v) is 3.05. The lowest BCUT2D eigenvalue weighted by atomic mass is 10.0. The smallest absolute Gasteiger partial charge is 0.252 e. The molecule has 0 bridgehead atoms. The summed E-state index contributed by atoms with van der Waals surface area (Å²) in [4.78, 5) is 3.87. The Morgan fingerprint density at radius 2 is 2.21 bits per heavy atom. The Hall–Kier alpha value is -2.26. The minimum absolute atomic E-state index is 0.0418. The summed E-state index contributed by atoms with van der Waals surface area (Å²) < 4.78 is 15.2. The molecule has 0 spiro atoms. The fourth-order valence-electron chi connectivity index (χ4n) is 1.81. The molecule has 19 heavy (non-hydrogen) atoms. The Morgan fingerprint density at radius 3 is 2.79 bits per heavy atom. The van der Waals surface area contributed by atoms with Gasteiger partial charge in [-0.05, 0) is 44.2 Å². The number of aryl methyl sites for hydroxylation is 1. The van der Waals surface area contributed by atoms with E-state index < -0.39 is 0 Å². The Balaban J connectivity index is 2.60. The van der Waals surface area contributed by atoms with Gasteiger partial charge in [-0.1, -0.05) is 0 Å². The molecule has 1 atom stereocenters. The quantitative estimate of drug-likeness (QED) is 0.913. The highest BCUT2D eigenvalue weighted by Crippen LogP contribution is 2.24. The molecule has 0 aliphatic carbocycles. The summed E-state index contributed by atoms with van der Waals surface area (Å²) in [7, 11) is 1.80. The molecule has 2 rings (SSSR count). The van der Waals surface area contributed by atoms with Crippen LogP contribution in [-0.4, -0.2) is 21.8 Å². The highest BCUT2D eigenvalue weighted by molar-refractivity contribution is 5.45. The van der Waals surface area contributed by atoms with Crippen molar-refractivity contribution in [2.75, 3.05) is 7.05 Å². The summed E-state index contributed by atoms with van der Waals surface area (Å²) in [6, 6.07) is 5.02. The zero-order chi connectivity index (χ0) is 14.0. The van der Waals surface area contributed by atoms with Gasteiger partial charge < -0.3 is 5.32 Å². The van der Waals surface area contributed by atoms with E-state index in [9.17, 15) is 4.39 Å². The predicted molar refractivity (Wildman–Crippen MR) is 68.2 cm³/mol. The molecule has 0 radical (unpaired) electrons. The van der Waals surface area contributed by atoms with Crippen molar-refractivity contribution in [1.29, 1.82) is 5.26 Å². The largest absolute Gasteiger partial charge is 0.313 e. The Bertz CT molecular complexity index is 641. The first-order chi connectivity index (χ1) is 9.06. The van der Waals surface area contributed by atoms with Crippen LogP contribution in [0.25, 0.3) is 5.69 Å². The molecule has 0 saturated carbocycles. The fraction of sp³-hybridized carbons (Fsp3) is 0.308. The van der Waals surface area contributed by atoms with Crippen molar-refractivity contribution in [3.8, 4) is 11.8 Å². The van der Waals surface area contributed by atoms with Gasteiger partial charge in [0.15, 0.2) is 0 Å². The van der Waals surface area contributed by atoms with Gasteiger partial charge in [-0.15, -0.1) is 5.10 Å². The molecular weight excluding hydrogens is 245 g/mol. The van der Waals surface area contributed by atoms with E-state index in [1.807, 2.05) is 13.0 Å². The summed E-state index contributed by atoms with van der Waals surface area (Å²) >= 11 is 0. The van der Waals surface area contributed by atoms with Gasteiger partial charge >= 0.3 is 0 Å². The topological polar surface area (TPSA) is 66.5 Å². The van der Waals surface area contributed by atoms with Crippen molar-refractivity contribution in [1.82, 2.24) is 20.1 Å². The molecule has 1 aromatic carbocycles. The number of hydrogen-bond acceptors (Lipinski definition) is 4. The summed E-state index contributed by atoms with van der Waals surface area (Å²) in [5, 5.41) is 15.9. The molecule has 5 nitrogen and oxygen atoms in total. The van der Waals surface area contributed by atoms with Gasteiger partial charge in [-0.3, -0.25) is 0 Å². The maximum Gasteiger partial charge on any atom is 0.252 e. The van der Waals surface area contributed by atoms with Crippen LogP contribution in [0.1, 0.15) is 29.9 Å². The zero-order valence-electron chi connectivity index (χ0n) is 11.0. The van der Waals surface area contributed by atoms with E-state index in [2.05, 4.69) is 15.4 Å². The van der Waals surface area contributed by atoms with Crippen molar-refractivity contribution < 1.29 is 4.39 Å². The first-order valence-electron chi connectivity index (χ1n) is 5.86. The van der Waals surface area contributed by atoms with E-state index in [0.29, 0.717) is 5.56 Å². The number of benzene rings is 1. The SMILES string of the molecule is CNC(C)c1cc(F)c(C)cc1-n1cnc(C#N)n1. The second-order valence-electron chi connectivity index (χ2n) is 4.30. The monoisotopic (exact) mass is 259 g/mol. The van der Waals surface area contributed by atoms with Crippen molar-refractivity contribution in [2.24, 2.45) is 0 Å². The van der Waals surface area contributed by atoms with Gasteiger partial charge in [0, 0.05) is 6.04 Å². The van der Waals surface area contributed by atoms with Crippen LogP contribution in [0.2, 0.25) is 0 Å². The lowest BCUT2D eigenvalue weighted by molar-refractivity contribution is 0.597. The highest BCUT2D eigenvalue weighted by Gasteiger charge is 2.15. The van der Waals surface area contributed by atoms with E-state index in [1.54, 1.807) is 20.0 Å². The molecule has 98 valence electrons. The normalized spacial score (nSPS) is 12.2. The lowest BCUT2D eigenvalue weighted by Crippen LogP contribution is -2.16. The Morgan fingerprint density at radius 1 is 1.47 bits per heavy atom. The molecule has 1 heterocycles. The second-order valence-corrected chi connectivity index (χ2v) is 4.30. The van der Waals surface area contributed by atoms with Crippen molar-refractivity contribution in [2.45, 2.75) is 19.9 Å². The summed E-state index contributed by atoms with van der Waals surface area (Å²) in [6.45, 7) is 3.62. The van der Waals surface area contributed by atoms with Gasteiger partial charge in [0.1, 0.15) is 18.2 Å². The maximum absolute atomic E-state index is 13.7. The number of aromatic nitrogens is 3. The molecule has 0 amide bonds. The number of halogens is 1. The molecule has 0 saturated heterocycles. The van der Waals surface area contributed by atoms with Gasteiger partial charge in [0.05, 0.1) is 5.69 Å². The van der Waals surface area contributed by atoms with E-state index in [0.717, 1.165) is 11.3 Å². The molecule has 6 heteroatoms. The van der Waals surface area contributed by atoms with Crippen molar-refractivity contribution in [3.05, 3.63) is 41.2 Å². The van der Waals surface area contributed by atoms with Gasteiger partial charge in [-0.25, -0.2) is 14.1 Å². The number of nitriles is 1. The average Bonchev–Trinajstić information content (AvgIpc) is 2.89. The fourth-order valence-corrected chi connectivity index (χ4v) is 1.81. The molecule has 2 aromatic rings. The van der Waals surface area contributed by atoms with E-state index >= 15 is 0 Å². The van der Waals surface area contributed by atoms with Crippen molar-refractivity contribution in [3.63, 3.8) is 0 Å². The van der Waals surface area contributed by atoms with Crippen LogP contribution in [0.15, 0.2) is 18.5 Å². The molecule has 1 N–H and O–H groups in total. The van der Waals surface area contributed by atoms with Gasteiger partial charge in [-0.2, -0.15) is 5.26 Å². The third kappa shape index (κ3) is 2.46. The van der Waals surface area contributed by atoms with E-state index in [4.69, 9.17) is 5.26 Å². The molecule has 0 aliphatic rings. The van der Waals surface area contributed by atoms with Gasteiger partial charge in [0.2, 0.25) is 0 Å². The van der Waals surface area contributed by atoms with Crippen LogP contribution in [0.5, 0.6) is 0 Å². The van der Waals surface area contributed by atoms with Crippen LogP contribution in [0.3, 0.4) is 0 Å². The van der Waals surface area contributed by atoms with E-state index in [1.165, 1.54) is 17.1 Å². The third-order valence-electron chi connectivity index (χ3n) is 3.05. The van der Waals surface area contributed by atoms with E-state index in [-0.39, 0.29) is 17.7 Å². The number of nitrogens with zero attached hydrogens (tertiary/aromatic N) is 4. The number of hydrogen-bond donors (Lipinski definition) is 1. The van der Waals surface area contributed by atoms with Crippen molar-refractivity contribution >= 4 is 0 Å². The summed E-state index contributed by atoms with van der Waals surface area (Å²) in [5.41, 5.74) is 2.01. The van der Waals surface area contributed by atoms with Crippen LogP contribution in [0, 0.1) is 24.1 Å². The molecular formula is C13H14FN5. The highest BCUT2D eigenvalue weighted by atomic mass is 19.1. The standard InChI is InChI=1S/C13H14FN5/c1-8-4-12(19-7-17-13(6-15)18-19)10(5-11(8)14)9(2)16-3/h4-5,7,9,16H,1-3H3. The zero-order valence-corrected chi connectivity index (χ0v) is 11.0. The molecule has 1 unspecified atom stereocenters. The molecule has 0 fully saturated rings. The average molecular weight is 259 g/mol. The Labute approximate surface area is 110 Å². The number of nitrogens with one attached hydrogen (secondary N) is 1. The van der Waals surface area contributed by atoms with Crippen LogP contribution in [-0.2, 0) is 0 Å². The first-order valence-corrected chi connectivity index (χ1v) is 5.86. The second kappa shape index (κ2) is 5.16. The van der Waals surface area contributed by atoms with Crippen LogP contribution < -0.4 is 5.32 Å². The lowest BCUT2D eigenvalue weighted by Gasteiger charge is -2.16. The summed E-state index contributed by atoms with van der Waals surface area (Å²) in [5.74, 6) is -0.175. The summed E-state index contributed by atoms with van der Waals surface area (Å²) in [6.07, 6.45) is 1.46. The molecule has 1 aromatic heterocycles. The van der Waals surface area contributed by atoms with Crippen LogP contribution >= 0.6 is 0 Å². The van der Waals surface area contributed by atoms with Gasteiger partial charge in [0.25, 0.3) is 5.82 Å². The van der Waals surface area contributed by atoms with Crippen LogP contribution in [0.4, 0.5) is 4.39 Å². The minimum Gasteiger partial charge on any atom is -0.313 e. The maximum atomic E-state index is 13.7. The first kappa shape index (κ1) is 13.2.